The average molecular weight is 772 g/mol. The van der Waals surface area contributed by atoms with Gasteiger partial charge >= 0.3 is 17.0 Å². The summed E-state index contributed by atoms with van der Waals surface area (Å²) in [5, 5.41) is 34.5. The molecule has 7 aromatic rings. The van der Waals surface area contributed by atoms with Crippen LogP contribution in [0.15, 0.2) is 200 Å². The van der Waals surface area contributed by atoms with Crippen molar-refractivity contribution in [3.63, 3.8) is 0 Å². The molecule has 0 aliphatic heterocycles. The van der Waals surface area contributed by atoms with Crippen LogP contribution in [0.4, 0.5) is 34.1 Å². The average Bonchev–Trinajstić information content (AvgIpc) is 3.33. The van der Waals surface area contributed by atoms with Crippen LogP contribution < -0.4 is 14.7 Å². The molecule has 0 saturated carbocycles. The minimum absolute atomic E-state index is 0.0360. The van der Waals surface area contributed by atoms with Crippen LogP contribution in [-0.2, 0) is 17.0 Å². The monoisotopic (exact) mass is 771 g/mol. The van der Waals surface area contributed by atoms with Gasteiger partial charge in [0.2, 0.25) is 0 Å². The van der Waals surface area contributed by atoms with Gasteiger partial charge in [-0.3, -0.25) is 29.2 Å². The van der Waals surface area contributed by atoms with Gasteiger partial charge in [-0.15, -0.1) is 0 Å². The second kappa shape index (κ2) is 16.9. The molecule has 7 aromatic carbocycles. The van der Waals surface area contributed by atoms with E-state index in [2.05, 4.69) is 32.7 Å². The topological polar surface area (TPSA) is 94.2 Å². The molecule has 0 spiro atoms. The van der Waals surface area contributed by atoms with Crippen molar-refractivity contribution in [2.75, 3.05) is 14.7 Å². The van der Waals surface area contributed by atoms with Crippen LogP contribution in [0.3, 0.4) is 0 Å². The summed E-state index contributed by atoms with van der Waals surface area (Å²) in [5.74, 6) is 0. The highest BCUT2D eigenvalue weighted by atomic mass is 15.3. The van der Waals surface area contributed by atoms with Gasteiger partial charge < -0.3 is 0 Å². The second-order valence-corrected chi connectivity index (χ2v) is 13.5. The van der Waals surface area contributed by atoms with Crippen molar-refractivity contribution in [2.45, 2.75) is 17.0 Å². The van der Waals surface area contributed by atoms with E-state index < -0.39 is 17.0 Å². The first-order chi connectivity index (χ1) is 29.4. The van der Waals surface area contributed by atoms with Crippen molar-refractivity contribution < 1.29 is 0 Å². The molecule has 282 valence electrons. The predicted molar refractivity (Wildman–Crippen MR) is 233 cm³/mol. The van der Waals surface area contributed by atoms with Crippen LogP contribution in [0, 0.1) is 53.7 Å². The number of para-hydroxylation sites is 6. The molecule has 0 amide bonds. The maximum Gasteiger partial charge on any atom is 0.425 e. The number of hydrogen-bond acceptors (Lipinski definition) is 6. The van der Waals surface area contributed by atoms with E-state index in [9.17, 15) is 15.8 Å². The first kappa shape index (κ1) is 39.1. The minimum Gasteiger partial charge on any atom is -0.266 e. The fraction of sp³-hybridized carbons (Fsp3) is 0.0588. The van der Waals surface area contributed by atoms with Gasteiger partial charge in [0.15, 0.2) is 18.2 Å². The molecule has 0 aromatic heterocycles. The Morgan fingerprint density at radius 1 is 0.317 bits per heavy atom. The molecule has 9 nitrogen and oxygen atoms in total. The summed E-state index contributed by atoms with van der Waals surface area (Å²) in [7, 11) is 0. The first-order valence-electron chi connectivity index (χ1n) is 18.7. The van der Waals surface area contributed by atoms with Gasteiger partial charge in [-0.1, -0.05) is 109 Å². The summed E-state index contributed by atoms with van der Waals surface area (Å²) >= 11 is 0. The number of nitriles is 3. The third-order valence-corrected chi connectivity index (χ3v) is 10.2. The third-order valence-electron chi connectivity index (χ3n) is 10.2. The number of benzene rings is 7. The van der Waals surface area contributed by atoms with E-state index in [1.165, 1.54) is 18.2 Å². The zero-order valence-electron chi connectivity index (χ0n) is 32.1. The number of nitrogens with zero attached hydrogens (tertiary/aromatic N) is 9. The molecule has 9 heteroatoms. The van der Waals surface area contributed by atoms with Gasteiger partial charge in [0.05, 0.1) is 50.8 Å². The molecule has 0 aliphatic rings. The van der Waals surface area contributed by atoms with Crippen molar-refractivity contribution >= 4 is 34.1 Å². The molecule has 0 N–H and O–H groups in total. The molecule has 0 saturated heterocycles. The van der Waals surface area contributed by atoms with Gasteiger partial charge in [0, 0.05) is 0 Å². The molecule has 7 rings (SSSR count). The Morgan fingerprint density at radius 3 is 0.617 bits per heavy atom. The summed E-state index contributed by atoms with van der Waals surface area (Å²) < 4.78 is 0. The molecule has 0 fully saturated rings. The Hall–Kier alpha value is -9.12. The SMILES string of the molecule is [C-]#[N+]C(C#N)(c1cc(C(C#N)([N+]#[C-])N(c2ccccc2)c2ccccc2)cc(C(C#N)([N+]#[C-])N(c2ccccc2)c2ccccc2)c1)N(c1ccccc1)c1ccccc1. The lowest BCUT2D eigenvalue weighted by molar-refractivity contribution is 0.644. The highest BCUT2D eigenvalue weighted by molar-refractivity contribution is 5.75. The lowest BCUT2D eigenvalue weighted by Crippen LogP contribution is -2.44. The first-order valence-corrected chi connectivity index (χ1v) is 18.7. The van der Waals surface area contributed by atoms with E-state index in [0.717, 1.165) is 0 Å². The van der Waals surface area contributed by atoms with Crippen molar-refractivity contribution in [3.8, 4) is 18.2 Å². The number of hydrogen-bond donors (Lipinski definition) is 0. The number of anilines is 6. The lowest BCUT2D eigenvalue weighted by atomic mass is 9.85. The Bertz CT molecular complexity index is 2360. The maximum atomic E-state index is 11.5. The fourth-order valence-electron chi connectivity index (χ4n) is 7.41. The summed E-state index contributed by atoms with van der Waals surface area (Å²) in [5.41, 5.74) is -3.49. The fourth-order valence-corrected chi connectivity index (χ4v) is 7.41. The molecule has 0 bridgehead atoms. The molecule has 60 heavy (non-hydrogen) atoms. The highest BCUT2D eigenvalue weighted by Gasteiger charge is 2.56. The van der Waals surface area contributed by atoms with Crippen molar-refractivity contribution in [1.82, 2.24) is 0 Å². The highest BCUT2D eigenvalue weighted by Crippen LogP contribution is 2.48. The molecular formula is C51H33N9. The lowest BCUT2D eigenvalue weighted by Gasteiger charge is -2.35. The van der Waals surface area contributed by atoms with Crippen LogP contribution in [-0.4, -0.2) is 0 Å². The minimum atomic E-state index is -2.21. The zero-order valence-corrected chi connectivity index (χ0v) is 32.1. The summed E-state index contributed by atoms with van der Waals surface area (Å²) in [6.45, 7) is 26.7. The molecule has 0 radical (unpaired) electrons. The smallest absolute Gasteiger partial charge is 0.266 e. The van der Waals surface area contributed by atoms with E-state index in [-0.39, 0.29) is 16.7 Å². The van der Waals surface area contributed by atoms with Crippen molar-refractivity contribution in [1.29, 1.82) is 15.8 Å². The quantitative estimate of drug-likeness (QED) is 0.115. The van der Waals surface area contributed by atoms with E-state index >= 15 is 0 Å². The van der Waals surface area contributed by atoms with Gasteiger partial charge in [-0.2, -0.15) is 15.8 Å². The summed E-state index contributed by atoms with van der Waals surface area (Å²) in [6, 6.07) is 65.5. The summed E-state index contributed by atoms with van der Waals surface area (Å²) in [6.07, 6.45) is 0. The summed E-state index contributed by atoms with van der Waals surface area (Å²) in [4.78, 5) is 17.1. The second-order valence-electron chi connectivity index (χ2n) is 13.5. The van der Waals surface area contributed by atoms with Crippen LogP contribution in [0.1, 0.15) is 16.7 Å². The van der Waals surface area contributed by atoms with Crippen LogP contribution in [0.5, 0.6) is 0 Å². The van der Waals surface area contributed by atoms with E-state index in [1.54, 1.807) is 160 Å². The predicted octanol–water partition coefficient (Wildman–Crippen LogP) is 12.0. The standard InChI is InChI=1S/C51H33N9/c1-55-49(37-52,58(43-22-10-4-11-23-43)44-24-12-5-13-25-44)40-34-41(50(38-53,56-2)59(45-26-14-6-15-27-45)46-28-16-7-17-29-46)36-42(35-40)51(39-54,57-3)60(47-30-18-8-19-31-47)48-32-20-9-21-33-48/h4-36H. The molecule has 3 unspecified atom stereocenters. The van der Waals surface area contributed by atoms with Crippen LogP contribution in [0.2, 0.25) is 0 Å². The van der Waals surface area contributed by atoms with E-state index in [0.29, 0.717) is 34.1 Å². The maximum absolute atomic E-state index is 11.5. The van der Waals surface area contributed by atoms with E-state index in [1.807, 2.05) is 36.4 Å². The Labute approximate surface area is 349 Å². The van der Waals surface area contributed by atoms with Gasteiger partial charge in [-0.25, -0.2) is 19.7 Å². The normalized spacial score (nSPS) is 13.3. The van der Waals surface area contributed by atoms with Gasteiger partial charge in [0.1, 0.15) is 0 Å². The largest absolute Gasteiger partial charge is 0.425 e. The van der Waals surface area contributed by atoms with Gasteiger partial charge in [-0.05, 0) is 91.0 Å². The molecule has 3 atom stereocenters. The van der Waals surface area contributed by atoms with Gasteiger partial charge in [0.25, 0.3) is 0 Å². The van der Waals surface area contributed by atoms with E-state index in [4.69, 9.17) is 19.7 Å². The van der Waals surface area contributed by atoms with Crippen molar-refractivity contribution in [2.24, 2.45) is 0 Å². The Morgan fingerprint density at radius 2 is 0.483 bits per heavy atom. The van der Waals surface area contributed by atoms with Crippen LogP contribution >= 0.6 is 0 Å². The Balaban J connectivity index is 1.65. The molecular weight excluding hydrogens is 739 g/mol. The Kier molecular flexibility index (Phi) is 11.0. The molecule has 0 aliphatic carbocycles. The third kappa shape index (κ3) is 6.75. The molecule has 0 heterocycles. The zero-order chi connectivity index (χ0) is 42.0. The van der Waals surface area contributed by atoms with Crippen molar-refractivity contribution in [3.05, 3.63) is 251 Å². The van der Waals surface area contributed by atoms with Crippen LogP contribution in [0.25, 0.3) is 14.5 Å². The number of rotatable bonds is 12.